The maximum absolute atomic E-state index is 15.3. The highest BCUT2D eigenvalue weighted by atomic mass is 19.3. The standard InChI is InChI=1S/C27H24F3N5O3/c1-27(2,37-4)25-31-11-13(12-32-25)15-8-18-17(9-16(15)28)33-23-20-10-19(35(18)23)22-14(24(36)34(20)3)6-5-7-21(22)38-26(29)30/h5-9,11-12,19-20,26H,10H2,1-4H3/t19-,20-/m1/s1. The Hall–Kier alpha value is -3.99. The van der Waals surface area contributed by atoms with E-state index in [9.17, 15) is 13.6 Å². The minimum Gasteiger partial charge on any atom is -0.434 e. The summed E-state index contributed by atoms with van der Waals surface area (Å²) in [6.07, 6.45) is 3.50. The summed E-state index contributed by atoms with van der Waals surface area (Å²) in [4.78, 5) is 28.2. The predicted molar refractivity (Wildman–Crippen MR) is 131 cm³/mol. The Labute approximate surface area is 216 Å². The van der Waals surface area contributed by atoms with E-state index in [1.54, 1.807) is 31.2 Å². The van der Waals surface area contributed by atoms with Crippen molar-refractivity contribution < 1.29 is 27.4 Å². The molecule has 6 rings (SSSR count). The lowest BCUT2D eigenvalue weighted by atomic mass is 9.97. The lowest BCUT2D eigenvalue weighted by Gasteiger charge is -2.24. The van der Waals surface area contributed by atoms with Crippen molar-refractivity contribution >= 4 is 16.9 Å². The van der Waals surface area contributed by atoms with Crippen molar-refractivity contribution in [3.05, 3.63) is 71.3 Å². The van der Waals surface area contributed by atoms with Gasteiger partial charge in [0, 0.05) is 61.3 Å². The van der Waals surface area contributed by atoms with Gasteiger partial charge in [-0.3, -0.25) is 4.79 Å². The molecule has 0 aliphatic carbocycles. The zero-order chi connectivity index (χ0) is 26.9. The van der Waals surface area contributed by atoms with Gasteiger partial charge in [-0.2, -0.15) is 8.78 Å². The number of hydrogen-bond acceptors (Lipinski definition) is 6. The van der Waals surface area contributed by atoms with Crippen LogP contribution in [0.1, 0.15) is 59.9 Å². The fourth-order valence-electron chi connectivity index (χ4n) is 5.39. The van der Waals surface area contributed by atoms with Crippen LogP contribution in [0.25, 0.3) is 22.2 Å². The number of amides is 1. The first-order chi connectivity index (χ1) is 18.1. The van der Waals surface area contributed by atoms with E-state index < -0.39 is 30.1 Å². The van der Waals surface area contributed by atoms with Gasteiger partial charge in [-0.1, -0.05) is 6.07 Å². The Morgan fingerprint density at radius 2 is 1.84 bits per heavy atom. The number of fused-ring (bicyclic) bond motifs is 9. The fourth-order valence-corrected chi connectivity index (χ4v) is 5.39. The number of aromatic nitrogens is 4. The summed E-state index contributed by atoms with van der Waals surface area (Å²) in [7, 11) is 3.21. The molecule has 0 radical (unpaired) electrons. The second-order valence-electron chi connectivity index (χ2n) is 9.95. The second kappa shape index (κ2) is 8.52. The Morgan fingerprint density at radius 1 is 1.11 bits per heavy atom. The second-order valence-corrected chi connectivity index (χ2v) is 9.95. The van der Waals surface area contributed by atoms with Gasteiger partial charge < -0.3 is 18.9 Å². The van der Waals surface area contributed by atoms with Gasteiger partial charge in [0.05, 0.1) is 23.1 Å². The molecule has 8 nitrogen and oxygen atoms in total. The van der Waals surface area contributed by atoms with Crippen LogP contribution in [0.15, 0.2) is 42.7 Å². The van der Waals surface area contributed by atoms with Gasteiger partial charge in [-0.05, 0) is 32.0 Å². The summed E-state index contributed by atoms with van der Waals surface area (Å²) in [6, 6.07) is 6.62. The van der Waals surface area contributed by atoms with Gasteiger partial charge in [0.2, 0.25) is 0 Å². The van der Waals surface area contributed by atoms with Gasteiger partial charge in [-0.25, -0.2) is 19.3 Å². The van der Waals surface area contributed by atoms with Crippen LogP contribution < -0.4 is 4.74 Å². The highest BCUT2D eigenvalue weighted by Crippen LogP contribution is 2.50. The number of halogens is 3. The number of hydrogen-bond donors (Lipinski definition) is 0. The van der Waals surface area contributed by atoms with E-state index in [0.29, 0.717) is 40.2 Å². The molecule has 0 saturated heterocycles. The number of ether oxygens (including phenoxy) is 2. The van der Waals surface area contributed by atoms with E-state index in [1.165, 1.54) is 30.6 Å². The minimum atomic E-state index is -3.06. The maximum atomic E-state index is 15.3. The van der Waals surface area contributed by atoms with Crippen molar-refractivity contribution in [2.24, 2.45) is 0 Å². The number of alkyl halides is 2. The predicted octanol–water partition coefficient (Wildman–Crippen LogP) is 5.24. The monoisotopic (exact) mass is 523 g/mol. The van der Waals surface area contributed by atoms with Crippen molar-refractivity contribution in [3.63, 3.8) is 0 Å². The van der Waals surface area contributed by atoms with Crippen LogP contribution in [0.5, 0.6) is 5.75 Å². The highest BCUT2D eigenvalue weighted by molar-refractivity contribution is 5.98. The largest absolute Gasteiger partial charge is 0.434 e. The molecule has 2 aliphatic rings. The number of carbonyl (C=O) groups is 1. The van der Waals surface area contributed by atoms with Crippen LogP contribution in [-0.2, 0) is 10.3 Å². The average molecular weight is 524 g/mol. The summed E-state index contributed by atoms with van der Waals surface area (Å²) in [5.74, 6) is 0.131. The summed E-state index contributed by atoms with van der Waals surface area (Å²) in [5.41, 5.74) is 1.67. The first-order valence-corrected chi connectivity index (χ1v) is 12.0. The lowest BCUT2D eigenvalue weighted by Crippen LogP contribution is -2.30. The number of imidazole rings is 1. The third kappa shape index (κ3) is 3.56. The molecule has 0 spiro atoms. The molecule has 4 aromatic rings. The van der Waals surface area contributed by atoms with E-state index >= 15 is 4.39 Å². The van der Waals surface area contributed by atoms with Gasteiger partial charge >= 0.3 is 6.61 Å². The van der Waals surface area contributed by atoms with Crippen molar-refractivity contribution in [2.45, 2.75) is 44.6 Å². The zero-order valence-corrected chi connectivity index (χ0v) is 21.1. The summed E-state index contributed by atoms with van der Waals surface area (Å²) < 4.78 is 54.1. The van der Waals surface area contributed by atoms with Crippen LogP contribution in [0.2, 0.25) is 0 Å². The van der Waals surface area contributed by atoms with Crippen molar-refractivity contribution in [3.8, 4) is 16.9 Å². The molecule has 0 saturated carbocycles. The molecule has 0 unspecified atom stereocenters. The van der Waals surface area contributed by atoms with Crippen LogP contribution in [0.4, 0.5) is 13.2 Å². The van der Waals surface area contributed by atoms with E-state index in [1.807, 2.05) is 18.4 Å². The summed E-state index contributed by atoms with van der Waals surface area (Å²) in [6.45, 7) is 0.605. The van der Waals surface area contributed by atoms with E-state index in [0.717, 1.165) is 0 Å². The van der Waals surface area contributed by atoms with E-state index in [4.69, 9.17) is 9.47 Å². The first kappa shape index (κ1) is 24.4. The third-order valence-corrected chi connectivity index (χ3v) is 7.51. The lowest BCUT2D eigenvalue weighted by molar-refractivity contribution is -0.0507. The van der Waals surface area contributed by atoms with Crippen LogP contribution in [-0.4, -0.2) is 51.1 Å². The SMILES string of the molecule is COC(C)(C)c1ncc(-c2cc3c(cc2F)nc2n3[C@@H]3C[C@H]2N(C)C(=O)c2cccc(OC(F)F)c23)cn1. The molecule has 1 amide bonds. The fraction of sp³-hybridized carbons (Fsp3) is 0.333. The molecule has 38 heavy (non-hydrogen) atoms. The zero-order valence-electron chi connectivity index (χ0n) is 21.1. The van der Waals surface area contributed by atoms with Crippen LogP contribution in [0, 0.1) is 5.82 Å². The Balaban J connectivity index is 1.53. The molecule has 0 N–H and O–H groups in total. The third-order valence-electron chi connectivity index (χ3n) is 7.51. The van der Waals surface area contributed by atoms with E-state index in [2.05, 4.69) is 15.0 Å². The van der Waals surface area contributed by atoms with Crippen LogP contribution in [0.3, 0.4) is 0 Å². The maximum Gasteiger partial charge on any atom is 0.387 e. The topological polar surface area (TPSA) is 82.4 Å². The van der Waals surface area contributed by atoms with E-state index in [-0.39, 0.29) is 22.8 Å². The number of benzene rings is 2. The smallest absolute Gasteiger partial charge is 0.387 e. The molecule has 11 heteroatoms. The molecule has 2 aliphatic heterocycles. The molecular formula is C27H24F3N5O3. The Bertz CT molecular complexity index is 1590. The number of methoxy groups -OCH3 is 1. The molecule has 0 fully saturated rings. The van der Waals surface area contributed by atoms with Gasteiger partial charge in [0.1, 0.15) is 23.0 Å². The van der Waals surface area contributed by atoms with Crippen molar-refractivity contribution in [2.75, 3.05) is 14.2 Å². The molecule has 196 valence electrons. The van der Waals surface area contributed by atoms with Gasteiger partial charge in [0.15, 0.2) is 5.82 Å². The molecular weight excluding hydrogens is 499 g/mol. The molecule has 2 bridgehead atoms. The highest BCUT2D eigenvalue weighted by Gasteiger charge is 2.45. The number of rotatable bonds is 5. The van der Waals surface area contributed by atoms with Crippen molar-refractivity contribution in [1.82, 2.24) is 24.4 Å². The van der Waals surface area contributed by atoms with Crippen molar-refractivity contribution in [1.29, 1.82) is 0 Å². The Morgan fingerprint density at radius 3 is 2.53 bits per heavy atom. The van der Waals surface area contributed by atoms with Gasteiger partial charge in [0.25, 0.3) is 5.91 Å². The number of nitrogens with zero attached hydrogens (tertiary/aromatic N) is 5. The molecule has 2 aromatic carbocycles. The average Bonchev–Trinajstić information content (AvgIpc) is 3.40. The quantitative estimate of drug-likeness (QED) is 0.356. The summed E-state index contributed by atoms with van der Waals surface area (Å²) >= 11 is 0. The minimum absolute atomic E-state index is 0.0633. The van der Waals surface area contributed by atoms with Crippen LogP contribution >= 0.6 is 0 Å². The normalized spacial score (nSPS) is 18.6. The molecule has 2 atom stereocenters. The molecule has 4 heterocycles. The Kier molecular flexibility index (Phi) is 5.46. The number of carbonyl (C=O) groups excluding carboxylic acids is 1. The van der Waals surface area contributed by atoms with Gasteiger partial charge in [-0.15, -0.1) is 0 Å². The molecule has 2 aromatic heterocycles. The first-order valence-electron chi connectivity index (χ1n) is 12.0. The summed E-state index contributed by atoms with van der Waals surface area (Å²) in [5, 5.41) is 0.